The molecule has 0 bridgehead atoms. The monoisotopic (exact) mass is 394 g/mol. The van der Waals surface area contributed by atoms with Gasteiger partial charge in [0.1, 0.15) is 18.0 Å². The van der Waals surface area contributed by atoms with Gasteiger partial charge in [-0.25, -0.2) is 14.4 Å². The van der Waals surface area contributed by atoms with Crippen LogP contribution in [-0.2, 0) is 0 Å². The zero-order valence-corrected chi connectivity index (χ0v) is 16.5. The summed E-state index contributed by atoms with van der Waals surface area (Å²) >= 11 is 0. The molecule has 0 aliphatic carbocycles. The van der Waals surface area contributed by atoms with Crippen LogP contribution < -0.4 is 19.3 Å². The van der Waals surface area contributed by atoms with E-state index in [0.717, 1.165) is 43.2 Å². The van der Waals surface area contributed by atoms with Crippen LogP contribution in [0, 0.1) is 12.7 Å². The quantitative estimate of drug-likeness (QED) is 0.651. The molecule has 1 aliphatic heterocycles. The molecule has 3 aromatic rings. The Balaban J connectivity index is 1.44. The summed E-state index contributed by atoms with van der Waals surface area (Å²) in [5.41, 5.74) is 2.13. The van der Waals surface area contributed by atoms with Crippen molar-refractivity contribution in [3.05, 3.63) is 66.2 Å². The van der Waals surface area contributed by atoms with Gasteiger partial charge in [0, 0.05) is 37.9 Å². The number of aromatic nitrogens is 2. The Bertz CT molecular complexity index is 973. The predicted octanol–water partition coefficient (Wildman–Crippen LogP) is 4.05. The largest absolute Gasteiger partial charge is 0.493 e. The van der Waals surface area contributed by atoms with Crippen molar-refractivity contribution in [2.24, 2.45) is 0 Å². The van der Waals surface area contributed by atoms with Gasteiger partial charge >= 0.3 is 0 Å². The molecule has 1 aliphatic rings. The van der Waals surface area contributed by atoms with E-state index in [1.54, 1.807) is 7.11 Å². The van der Waals surface area contributed by atoms with Crippen LogP contribution >= 0.6 is 0 Å². The molecule has 0 spiro atoms. The number of halogens is 1. The summed E-state index contributed by atoms with van der Waals surface area (Å²) < 4.78 is 24.5. The maximum absolute atomic E-state index is 13.1. The van der Waals surface area contributed by atoms with Crippen molar-refractivity contribution in [3.8, 4) is 17.4 Å². The van der Waals surface area contributed by atoms with Crippen molar-refractivity contribution in [1.82, 2.24) is 9.97 Å². The molecule has 0 atom stereocenters. The molecule has 0 saturated carbocycles. The fraction of sp³-hybridized carbons (Fsp3) is 0.273. The van der Waals surface area contributed by atoms with E-state index < -0.39 is 0 Å². The highest BCUT2D eigenvalue weighted by Gasteiger charge is 2.19. The lowest BCUT2D eigenvalue weighted by Crippen LogP contribution is -2.46. The molecular weight excluding hydrogens is 371 g/mol. The Kier molecular flexibility index (Phi) is 5.46. The molecule has 0 radical (unpaired) electrons. The number of ether oxygens (including phenoxy) is 2. The normalized spacial score (nSPS) is 14.0. The Morgan fingerprint density at radius 1 is 0.862 bits per heavy atom. The third-order valence-electron chi connectivity index (χ3n) is 4.96. The van der Waals surface area contributed by atoms with Crippen molar-refractivity contribution in [2.75, 3.05) is 43.1 Å². The van der Waals surface area contributed by atoms with E-state index in [2.05, 4.69) is 19.8 Å². The lowest BCUT2D eigenvalue weighted by molar-refractivity contribution is 0.373. The Morgan fingerprint density at radius 2 is 1.59 bits per heavy atom. The van der Waals surface area contributed by atoms with Gasteiger partial charge in [0.15, 0.2) is 11.5 Å². The number of aryl methyl sites for hydroxylation is 1. The number of hydrogen-bond acceptors (Lipinski definition) is 6. The first-order valence-corrected chi connectivity index (χ1v) is 9.52. The smallest absolute Gasteiger partial charge is 0.224 e. The average Bonchev–Trinajstić information content (AvgIpc) is 2.76. The summed E-state index contributed by atoms with van der Waals surface area (Å²) in [5, 5.41) is 0. The van der Waals surface area contributed by atoms with Crippen LogP contribution in [0.15, 0.2) is 54.9 Å². The highest BCUT2D eigenvalue weighted by atomic mass is 19.1. The number of anilines is 2. The summed E-state index contributed by atoms with van der Waals surface area (Å²) in [6.07, 6.45) is 1.51. The molecule has 2 heterocycles. The second-order valence-electron chi connectivity index (χ2n) is 6.92. The van der Waals surface area contributed by atoms with E-state index in [9.17, 15) is 4.39 Å². The number of methoxy groups -OCH3 is 1. The Morgan fingerprint density at radius 3 is 2.31 bits per heavy atom. The molecule has 150 valence electrons. The molecule has 29 heavy (non-hydrogen) atoms. The average molecular weight is 394 g/mol. The van der Waals surface area contributed by atoms with Crippen LogP contribution in [0.4, 0.5) is 15.9 Å². The molecule has 1 saturated heterocycles. The molecule has 6 nitrogen and oxygen atoms in total. The molecule has 1 fully saturated rings. The van der Waals surface area contributed by atoms with E-state index in [4.69, 9.17) is 9.47 Å². The number of hydrogen-bond donors (Lipinski definition) is 0. The van der Waals surface area contributed by atoms with Crippen LogP contribution in [0.5, 0.6) is 17.4 Å². The first-order chi connectivity index (χ1) is 14.1. The maximum Gasteiger partial charge on any atom is 0.224 e. The minimum Gasteiger partial charge on any atom is -0.493 e. The standard InChI is InChI=1S/C22H23FN4O2/c1-16-3-8-19(20(13-16)28-2)29-22-14-21(24-15-25-22)27-11-9-26(10-12-27)18-6-4-17(23)5-7-18/h3-8,13-15H,9-12H2,1-2H3. The molecule has 0 amide bonds. The molecule has 2 aromatic carbocycles. The van der Waals surface area contributed by atoms with Crippen molar-refractivity contribution in [2.45, 2.75) is 6.92 Å². The molecule has 1 aromatic heterocycles. The van der Waals surface area contributed by atoms with Crippen LogP contribution in [-0.4, -0.2) is 43.3 Å². The topological polar surface area (TPSA) is 50.7 Å². The second-order valence-corrected chi connectivity index (χ2v) is 6.92. The van der Waals surface area contributed by atoms with Gasteiger partial charge in [0.05, 0.1) is 7.11 Å². The minimum atomic E-state index is -0.217. The highest BCUT2D eigenvalue weighted by molar-refractivity contribution is 5.50. The van der Waals surface area contributed by atoms with Gasteiger partial charge in [-0.1, -0.05) is 6.07 Å². The van der Waals surface area contributed by atoms with Crippen molar-refractivity contribution >= 4 is 11.5 Å². The summed E-state index contributed by atoms with van der Waals surface area (Å²) in [6.45, 7) is 5.28. The fourth-order valence-electron chi connectivity index (χ4n) is 3.38. The van der Waals surface area contributed by atoms with Gasteiger partial charge in [-0.2, -0.15) is 0 Å². The Labute approximate surface area is 169 Å². The zero-order valence-electron chi connectivity index (χ0n) is 16.5. The third kappa shape index (κ3) is 4.39. The van der Waals surface area contributed by atoms with Crippen molar-refractivity contribution < 1.29 is 13.9 Å². The van der Waals surface area contributed by atoms with Gasteiger partial charge in [-0.15, -0.1) is 0 Å². The Hall–Kier alpha value is -3.35. The first kappa shape index (κ1) is 19.0. The van der Waals surface area contributed by atoms with Crippen LogP contribution in [0.3, 0.4) is 0 Å². The van der Waals surface area contributed by atoms with Crippen LogP contribution in [0.25, 0.3) is 0 Å². The van der Waals surface area contributed by atoms with E-state index in [-0.39, 0.29) is 5.82 Å². The number of piperazine rings is 1. The van der Waals surface area contributed by atoms with Gasteiger partial charge in [0.25, 0.3) is 0 Å². The van der Waals surface area contributed by atoms with Crippen LogP contribution in [0.1, 0.15) is 5.56 Å². The summed E-state index contributed by atoms with van der Waals surface area (Å²) in [5.74, 6) is 2.35. The molecule has 0 unspecified atom stereocenters. The van der Waals surface area contributed by atoms with E-state index >= 15 is 0 Å². The van der Waals surface area contributed by atoms with Crippen molar-refractivity contribution in [1.29, 1.82) is 0 Å². The number of benzene rings is 2. The zero-order chi connectivity index (χ0) is 20.2. The van der Waals surface area contributed by atoms with Gasteiger partial charge < -0.3 is 19.3 Å². The highest BCUT2D eigenvalue weighted by Crippen LogP contribution is 2.32. The minimum absolute atomic E-state index is 0.217. The van der Waals surface area contributed by atoms with Crippen molar-refractivity contribution in [3.63, 3.8) is 0 Å². The van der Waals surface area contributed by atoms with Gasteiger partial charge in [-0.05, 0) is 48.9 Å². The van der Waals surface area contributed by atoms with E-state index in [0.29, 0.717) is 17.4 Å². The summed E-state index contributed by atoms with van der Waals surface area (Å²) in [6, 6.07) is 14.2. The summed E-state index contributed by atoms with van der Waals surface area (Å²) in [4.78, 5) is 13.1. The number of rotatable bonds is 5. The van der Waals surface area contributed by atoms with Gasteiger partial charge in [0.2, 0.25) is 5.88 Å². The molecule has 0 N–H and O–H groups in total. The molecule has 4 rings (SSSR count). The fourth-order valence-corrected chi connectivity index (χ4v) is 3.38. The molecular formula is C22H23FN4O2. The summed E-state index contributed by atoms with van der Waals surface area (Å²) in [7, 11) is 1.62. The van der Waals surface area contributed by atoms with E-state index in [1.807, 2.05) is 43.3 Å². The van der Waals surface area contributed by atoms with E-state index in [1.165, 1.54) is 18.5 Å². The SMILES string of the molecule is COc1cc(C)ccc1Oc1cc(N2CCN(c3ccc(F)cc3)CC2)ncn1. The lowest BCUT2D eigenvalue weighted by Gasteiger charge is -2.36. The third-order valence-corrected chi connectivity index (χ3v) is 4.96. The van der Waals surface area contributed by atoms with Crippen LogP contribution in [0.2, 0.25) is 0 Å². The number of nitrogens with zero attached hydrogens (tertiary/aromatic N) is 4. The maximum atomic E-state index is 13.1. The predicted molar refractivity (Wildman–Crippen MR) is 111 cm³/mol. The lowest BCUT2D eigenvalue weighted by atomic mass is 10.2. The molecule has 7 heteroatoms. The van der Waals surface area contributed by atoms with Gasteiger partial charge in [-0.3, -0.25) is 0 Å². The first-order valence-electron chi connectivity index (χ1n) is 9.52. The second kappa shape index (κ2) is 8.34.